The van der Waals surface area contributed by atoms with Gasteiger partial charge >= 0.3 is 11.9 Å². The molecule has 0 saturated carbocycles. The van der Waals surface area contributed by atoms with E-state index in [2.05, 4.69) is 13.8 Å². The molecule has 0 heterocycles. The molecule has 0 aliphatic carbocycles. The molecular formula is C22H26O4. The van der Waals surface area contributed by atoms with Gasteiger partial charge in [-0.25, -0.2) is 9.59 Å². The van der Waals surface area contributed by atoms with Crippen molar-refractivity contribution in [1.82, 2.24) is 0 Å². The molecule has 138 valence electrons. The first-order chi connectivity index (χ1) is 12.5. The summed E-state index contributed by atoms with van der Waals surface area (Å²) in [6, 6.07) is 16.2. The van der Waals surface area contributed by atoms with Crippen LogP contribution in [-0.2, 0) is 20.7 Å². The van der Waals surface area contributed by atoms with Crippen molar-refractivity contribution < 1.29 is 19.1 Å². The number of esters is 2. The van der Waals surface area contributed by atoms with Gasteiger partial charge in [0.05, 0.1) is 12.2 Å². The van der Waals surface area contributed by atoms with Gasteiger partial charge in [-0.2, -0.15) is 0 Å². The van der Waals surface area contributed by atoms with Crippen LogP contribution in [-0.4, -0.2) is 18.5 Å². The first-order valence-corrected chi connectivity index (χ1v) is 9.02. The fourth-order valence-electron chi connectivity index (χ4n) is 2.58. The molecule has 0 amide bonds. The molecule has 0 saturated heterocycles. The van der Waals surface area contributed by atoms with E-state index in [4.69, 9.17) is 9.47 Å². The molecule has 0 aliphatic heterocycles. The quantitative estimate of drug-likeness (QED) is 0.643. The third kappa shape index (κ3) is 5.73. The van der Waals surface area contributed by atoms with Gasteiger partial charge in [0.25, 0.3) is 0 Å². The Morgan fingerprint density at radius 3 is 2.19 bits per heavy atom. The summed E-state index contributed by atoms with van der Waals surface area (Å²) >= 11 is 0. The molecule has 0 spiro atoms. The predicted molar refractivity (Wildman–Crippen MR) is 101 cm³/mol. The average molecular weight is 354 g/mol. The van der Waals surface area contributed by atoms with Gasteiger partial charge in [0.2, 0.25) is 6.10 Å². The Kier molecular flexibility index (Phi) is 7.39. The summed E-state index contributed by atoms with van der Waals surface area (Å²) in [5.74, 6) is -0.546. The normalized spacial score (nSPS) is 11.8. The lowest BCUT2D eigenvalue weighted by atomic mass is 10.0. The molecule has 0 N–H and O–H groups in total. The zero-order valence-electron chi connectivity index (χ0n) is 15.6. The molecule has 2 aromatic rings. The van der Waals surface area contributed by atoms with E-state index < -0.39 is 18.0 Å². The summed E-state index contributed by atoms with van der Waals surface area (Å²) in [7, 11) is 0. The van der Waals surface area contributed by atoms with Gasteiger partial charge in [0.1, 0.15) is 0 Å². The SMILES string of the molecule is CCCOC(=O)C(OC(=O)c1ccc(CC(C)C)cc1)c1ccccc1. The van der Waals surface area contributed by atoms with Crippen molar-refractivity contribution in [1.29, 1.82) is 0 Å². The second-order valence-corrected chi connectivity index (χ2v) is 6.66. The largest absolute Gasteiger partial charge is 0.463 e. The Labute approximate surface area is 155 Å². The van der Waals surface area contributed by atoms with Gasteiger partial charge in [-0.3, -0.25) is 0 Å². The minimum absolute atomic E-state index is 0.295. The minimum atomic E-state index is -1.06. The highest BCUT2D eigenvalue weighted by molar-refractivity contribution is 5.91. The lowest BCUT2D eigenvalue weighted by Gasteiger charge is -2.17. The number of rotatable bonds is 8. The Morgan fingerprint density at radius 2 is 1.62 bits per heavy atom. The first-order valence-electron chi connectivity index (χ1n) is 9.02. The molecule has 26 heavy (non-hydrogen) atoms. The highest BCUT2D eigenvalue weighted by atomic mass is 16.6. The van der Waals surface area contributed by atoms with Crippen LogP contribution in [0.25, 0.3) is 0 Å². The summed E-state index contributed by atoms with van der Waals surface area (Å²) in [5.41, 5.74) is 2.18. The van der Waals surface area contributed by atoms with Crippen molar-refractivity contribution in [3.63, 3.8) is 0 Å². The lowest BCUT2D eigenvalue weighted by Crippen LogP contribution is -2.22. The van der Waals surface area contributed by atoms with Crippen LogP contribution < -0.4 is 0 Å². The number of carbonyl (C=O) groups excluding carboxylic acids is 2. The highest BCUT2D eigenvalue weighted by Crippen LogP contribution is 2.21. The van der Waals surface area contributed by atoms with E-state index in [1.807, 2.05) is 25.1 Å². The Bertz CT molecular complexity index is 705. The maximum Gasteiger partial charge on any atom is 0.352 e. The molecule has 1 unspecified atom stereocenters. The molecule has 4 heteroatoms. The standard InChI is InChI=1S/C22H26O4/c1-4-14-25-22(24)20(18-8-6-5-7-9-18)26-21(23)19-12-10-17(11-13-19)15-16(2)3/h5-13,16,20H,4,14-15H2,1-3H3. The van der Waals surface area contributed by atoms with Gasteiger partial charge in [0.15, 0.2) is 0 Å². The van der Waals surface area contributed by atoms with E-state index in [0.29, 0.717) is 30.1 Å². The van der Waals surface area contributed by atoms with Crippen molar-refractivity contribution in [2.45, 2.75) is 39.7 Å². The van der Waals surface area contributed by atoms with Crippen LogP contribution >= 0.6 is 0 Å². The van der Waals surface area contributed by atoms with Crippen LogP contribution in [0.1, 0.15) is 54.8 Å². The number of hydrogen-bond acceptors (Lipinski definition) is 4. The fourth-order valence-corrected chi connectivity index (χ4v) is 2.58. The molecule has 4 nitrogen and oxygen atoms in total. The molecule has 2 rings (SSSR count). The molecule has 0 fully saturated rings. The maximum atomic E-state index is 12.5. The lowest BCUT2D eigenvalue weighted by molar-refractivity contribution is -0.154. The summed E-state index contributed by atoms with van der Waals surface area (Å²) < 4.78 is 10.7. The van der Waals surface area contributed by atoms with Crippen molar-refractivity contribution in [2.24, 2.45) is 5.92 Å². The van der Waals surface area contributed by atoms with E-state index >= 15 is 0 Å². The van der Waals surface area contributed by atoms with Crippen molar-refractivity contribution >= 4 is 11.9 Å². The zero-order valence-corrected chi connectivity index (χ0v) is 15.6. The number of hydrogen-bond donors (Lipinski definition) is 0. The smallest absolute Gasteiger partial charge is 0.352 e. The molecule has 0 aliphatic rings. The van der Waals surface area contributed by atoms with E-state index in [1.165, 1.54) is 5.56 Å². The van der Waals surface area contributed by atoms with Gasteiger partial charge in [0, 0.05) is 5.56 Å². The molecule has 1 atom stereocenters. The van der Waals surface area contributed by atoms with Crippen molar-refractivity contribution in [3.05, 3.63) is 71.3 Å². The zero-order chi connectivity index (χ0) is 18.9. The predicted octanol–water partition coefficient (Wildman–Crippen LogP) is 4.74. The van der Waals surface area contributed by atoms with E-state index in [9.17, 15) is 9.59 Å². The monoisotopic (exact) mass is 354 g/mol. The van der Waals surface area contributed by atoms with Gasteiger partial charge in [-0.15, -0.1) is 0 Å². The Hall–Kier alpha value is -2.62. The molecule has 2 aromatic carbocycles. The topological polar surface area (TPSA) is 52.6 Å². The molecular weight excluding hydrogens is 328 g/mol. The van der Waals surface area contributed by atoms with Crippen LogP contribution in [0.4, 0.5) is 0 Å². The number of ether oxygens (including phenoxy) is 2. The average Bonchev–Trinajstić information content (AvgIpc) is 2.64. The third-order valence-corrected chi connectivity index (χ3v) is 3.82. The third-order valence-electron chi connectivity index (χ3n) is 3.82. The van der Waals surface area contributed by atoms with Crippen LogP contribution in [0.2, 0.25) is 0 Å². The second kappa shape index (κ2) is 9.76. The van der Waals surface area contributed by atoms with Gasteiger partial charge in [-0.1, -0.05) is 63.2 Å². The Balaban J connectivity index is 2.14. The van der Waals surface area contributed by atoms with Crippen molar-refractivity contribution in [2.75, 3.05) is 6.61 Å². The van der Waals surface area contributed by atoms with Crippen LogP contribution in [0, 0.1) is 5.92 Å². The summed E-state index contributed by atoms with van der Waals surface area (Å²) in [6.07, 6.45) is 0.592. The maximum absolute atomic E-state index is 12.5. The van der Waals surface area contributed by atoms with Crippen LogP contribution in [0.3, 0.4) is 0 Å². The number of carbonyl (C=O) groups is 2. The Morgan fingerprint density at radius 1 is 0.962 bits per heavy atom. The summed E-state index contributed by atoms with van der Waals surface area (Å²) in [6.45, 7) is 6.50. The van der Waals surface area contributed by atoms with Crippen molar-refractivity contribution in [3.8, 4) is 0 Å². The minimum Gasteiger partial charge on any atom is -0.463 e. The highest BCUT2D eigenvalue weighted by Gasteiger charge is 2.27. The number of benzene rings is 2. The van der Waals surface area contributed by atoms with Crippen LogP contribution in [0.5, 0.6) is 0 Å². The van der Waals surface area contributed by atoms with Gasteiger partial charge < -0.3 is 9.47 Å². The fraction of sp³-hybridized carbons (Fsp3) is 0.364. The van der Waals surface area contributed by atoms with Crippen LogP contribution in [0.15, 0.2) is 54.6 Å². The second-order valence-electron chi connectivity index (χ2n) is 6.66. The van der Waals surface area contributed by atoms with E-state index in [-0.39, 0.29) is 0 Å². The summed E-state index contributed by atoms with van der Waals surface area (Å²) in [4.78, 5) is 24.9. The molecule has 0 aromatic heterocycles. The van der Waals surface area contributed by atoms with E-state index in [1.54, 1.807) is 36.4 Å². The molecule has 0 radical (unpaired) electrons. The first kappa shape index (κ1) is 19.7. The van der Waals surface area contributed by atoms with E-state index in [0.717, 1.165) is 6.42 Å². The van der Waals surface area contributed by atoms with Gasteiger partial charge in [-0.05, 0) is 36.5 Å². The summed E-state index contributed by atoms with van der Waals surface area (Å²) in [5, 5.41) is 0. The molecule has 0 bridgehead atoms.